The van der Waals surface area contributed by atoms with Crippen LogP contribution in [0.4, 0.5) is 5.69 Å². The van der Waals surface area contributed by atoms with E-state index in [0.29, 0.717) is 45.7 Å². The van der Waals surface area contributed by atoms with Gasteiger partial charge in [-0.2, -0.15) is 0 Å². The summed E-state index contributed by atoms with van der Waals surface area (Å²) >= 11 is 18.2. The maximum atomic E-state index is 12.9. The van der Waals surface area contributed by atoms with Crippen LogP contribution in [0, 0.1) is 12.8 Å². The lowest BCUT2D eigenvalue weighted by Gasteiger charge is -2.31. The Morgan fingerprint density at radius 3 is 2.52 bits per heavy atom. The number of sulfonamides is 1. The van der Waals surface area contributed by atoms with Gasteiger partial charge in [-0.05, 0) is 55.7 Å². The highest BCUT2D eigenvalue weighted by molar-refractivity contribution is 7.88. The zero-order valence-electron chi connectivity index (χ0n) is 15.8. The average Bonchev–Trinajstić information content (AvgIpc) is 2.67. The number of hydrogen-bond acceptors (Lipinski definition) is 3. The molecule has 3 rings (SSSR count). The maximum Gasteiger partial charge on any atom is 0.228 e. The molecule has 1 amide bonds. The first-order chi connectivity index (χ1) is 13.7. The molecule has 156 valence electrons. The van der Waals surface area contributed by atoms with Gasteiger partial charge < -0.3 is 5.32 Å². The second-order valence-electron chi connectivity index (χ2n) is 7.10. The van der Waals surface area contributed by atoms with Gasteiger partial charge in [0.15, 0.2) is 0 Å². The van der Waals surface area contributed by atoms with E-state index in [2.05, 4.69) is 5.32 Å². The second-order valence-corrected chi connectivity index (χ2v) is 10.3. The molecule has 0 saturated carbocycles. The third-order valence-electron chi connectivity index (χ3n) is 4.98. The molecule has 1 heterocycles. The summed E-state index contributed by atoms with van der Waals surface area (Å²) in [7, 11) is -3.67. The number of piperidine rings is 1. The van der Waals surface area contributed by atoms with Crippen molar-refractivity contribution in [3.63, 3.8) is 0 Å². The van der Waals surface area contributed by atoms with E-state index in [-0.39, 0.29) is 18.2 Å². The molecule has 2 aromatic rings. The van der Waals surface area contributed by atoms with Gasteiger partial charge in [0.2, 0.25) is 15.9 Å². The predicted molar refractivity (Wildman–Crippen MR) is 118 cm³/mol. The molecule has 1 N–H and O–H groups in total. The van der Waals surface area contributed by atoms with Crippen LogP contribution in [-0.4, -0.2) is 31.7 Å². The van der Waals surface area contributed by atoms with Crippen molar-refractivity contribution in [2.24, 2.45) is 5.92 Å². The van der Waals surface area contributed by atoms with Gasteiger partial charge in [-0.3, -0.25) is 4.79 Å². The lowest BCUT2D eigenvalue weighted by molar-refractivity contribution is -0.120. The summed E-state index contributed by atoms with van der Waals surface area (Å²) in [5, 5.41) is 4.10. The number of nitrogens with one attached hydrogen (secondary N) is 1. The first-order valence-electron chi connectivity index (χ1n) is 9.15. The van der Waals surface area contributed by atoms with Crippen LogP contribution in [0.3, 0.4) is 0 Å². The van der Waals surface area contributed by atoms with E-state index in [9.17, 15) is 13.2 Å². The van der Waals surface area contributed by atoms with Crippen LogP contribution >= 0.6 is 34.8 Å². The number of rotatable bonds is 5. The molecule has 0 bridgehead atoms. The highest BCUT2D eigenvalue weighted by Crippen LogP contribution is 2.29. The third-order valence-corrected chi connectivity index (χ3v) is 7.70. The number of nitrogens with zero attached hydrogens (tertiary/aromatic N) is 1. The molecule has 1 fully saturated rings. The highest BCUT2D eigenvalue weighted by Gasteiger charge is 2.33. The van der Waals surface area contributed by atoms with Gasteiger partial charge in [0.25, 0.3) is 0 Å². The smallest absolute Gasteiger partial charge is 0.228 e. The third kappa shape index (κ3) is 5.44. The van der Waals surface area contributed by atoms with Gasteiger partial charge in [-0.1, -0.05) is 40.9 Å². The van der Waals surface area contributed by atoms with Gasteiger partial charge >= 0.3 is 0 Å². The Hall–Kier alpha value is -1.31. The van der Waals surface area contributed by atoms with E-state index < -0.39 is 15.9 Å². The maximum absolute atomic E-state index is 12.9. The summed E-state index contributed by atoms with van der Waals surface area (Å²) in [5.74, 6) is -0.933. The van der Waals surface area contributed by atoms with E-state index in [0.717, 1.165) is 5.56 Å². The molecule has 0 radical (unpaired) electrons. The molecule has 0 spiro atoms. The van der Waals surface area contributed by atoms with E-state index in [1.54, 1.807) is 36.4 Å². The van der Waals surface area contributed by atoms with Crippen LogP contribution in [-0.2, 0) is 20.6 Å². The molecule has 5 nitrogen and oxygen atoms in total. The summed E-state index contributed by atoms with van der Waals surface area (Å²) in [5.41, 5.74) is 1.89. The SMILES string of the molecule is Cc1cc(Cl)ccc1NC(=O)[C@@H]1CCCN(S(=O)(=O)Cc2c(Cl)cccc2Cl)C1. The van der Waals surface area contributed by atoms with Gasteiger partial charge in [-0.15, -0.1) is 0 Å². The topological polar surface area (TPSA) is 66.5 Å². The number of anilines is 1. The molecule has 0 aliphatic carbocycles. The zero-order valence-corrected chi connectivity index (χ0v) is 18.9. The fourth-order valence-corrected chi connectivity index (χ4v) is 5.94. The number of aryl methyl sites for hydroxylation is 1. The molecular formula is C20H21Cl3N2O3S. The first-order valence-corrected chi connectivity index (χ1v) is 11.9. The Labute approximate surface area is 186 Å². The minimum absolute atomic E-state index is 0.128. The summed E-state index contributed by atoms with van der Waals surface area (Å²) in [6.45, 7) is 2.35. The number of carbonyl (C=O) groups is 1. The molecule has 1 aliphatic heterocycles. The Bertz CT molecular complexity index is 1010. The Morgan fingerprint density at radius 2 is 1.86 bits per heavy atom. The van der Waals surface area contributed by atoms with Crippen molar-refractivity contribution in [3.05, 3.63) is 62.6 Å². The number of amides is 1. The van der Waals surface area contributed by atoms with Crippen LogP contribution in [0.5, 0.6) is 0 Å². The van der Waals surface area contributed by atoms with Gasteiger partial charge in [0.05, 0.1) is 11.7 Å². The molecule has 0 unspecified atom stereocenters. The first kappa shape index (κ1) is 22.4. The lowest BCUT2D eigenvalue weighted by Crippen LogP contribution is -2.44. The van der Waals surface area contributed by atoms with E-state index in [1.807, 2.05) is 6.92 Å². The van der Waals surface area contributed by atoms with Crippen LogP contribution in [0.2, 0.25) is 15.1 Å². The van der Waals surface area contributed by atoms with Crippen molar-refractivity contribution in [3.8, 4) is 0 Å². The molecule has 1 saturated heterocycles. The zero-order chi connectivity index (χ0) is 21.2. The monoisotopic (exact) mass is 474 g/mol. The van der Waals surface area contributed by atoms with Crippen LogP contribution < -0.4 is 5.32 Å². The van der Waals surface area contributed by atoms with Crippen LogP contribution in [0.25, 0.3) is 0 Å². The number of halogens is 3. The molecule has 9 heteroatoms. The summed E-state index contributed by atoms with van der Waals surface area (Å²) in [6.07, 6.45) is 1.23. The van der Waals surface area contributed by atoms with Crippen LogP contribution in [0.1, 0.15) is 24.0 Å². The second kappa shape index (κ2) is 9.23. The van der Waals surface area contributed by atoms with Gasteiger partial charge in [0.1, 0.15) is 0 Å². The molecule has 1 atom stereocenters. The van der Waals surface area contributed by atoms with Crippen molar-refractivity contribution >= 4 is 56.4 Å². The predicted octanol–water partition coefficient (Wildman–Crippen LogP) is 5.14. The average molecular weight is 476 g/mol. The lowest BCUT2D eigenvalue weighted by atomic mass is 9.98. The van der Waals surface area contributed by atoms with Gasteiger partial charge in [0, 0.05) is 39.4 Å². The van der Waals surface area contributed by atoms with Crippen molar-refractivity contribution in [1.82, 2.24) is 4.31 Å². The number of carbonyl (C=O) groups excluding carboxylic acids is 1. The Kier molecular flexibility index (Phi) is 7.12. The fraction of sp³-hybridized carbons (Fsp3) is 0.350. The number of benzene rings is 2. The summed E-state index contributed by atoms with van der Waals surface area (Å²) in [6, 6.07) is 10.1. The Balaban J connectivity index is 1.71. The minimum Gasteiger partial charge on any atom is -0.326 e. The molecule has 29 heavy (non-hydrogen) atoms. The fourth-order valence-electron chi connectivity index (χ4n) is 3.36. The van der Waals surface area contributed by atoms with Gasteiger partial charge in [-0.25, -0.2) is 12.7 Å². The van der Waals surface area contributed by atoms with E-state index in [1.165, 1.54) is 4.31 Å². The van der Waals surface area contributed by atoms with Crippen molar-refractivity contribution < 1.29 is 13.2 Å². The Morgan fingerprint density at radius 1 is 1.17 bits per heavy atom. The standard InChI is InChI=1S/C20H21Cl3N2O3S/c1-13-10-15(21)7-8-19(13)24-20(26)14-4-3-9-25(11-14)29(27,28)12-16-17(22)5-2-6-18(16)23/h2,5-8,10,14H,3-4,9,11-12H2,1H3,(H,24,26)/t14-/m1/s1. The summed E-state index contributed by atoms with van der Waals surface area (Å²) < 4.78 is 27.2. The molecular weight excluding hydrogens is 455 g/mol. The van der Waals surface area contributed by atoms with Crippen molar-refractivity contribution in [2.75, 3.05) is 18.4 Å². The quantitative estimate of drug-likeness (QED) is 0.651. The molecule has 1 aliphatic rings. The van der Waals surface area contributed by atoms with Crippen molar-refractivity contribution in [2.45, 2.75) is 25.5 Å². The largest absolute Gasteiger partial charge is 0.326 e. The molecule has 0 aromatic heterocycles. The minimum atomic E-state index is -3.67. The van der Waals surface area contributed by atoms with Crippen LogP contribution in [0.15, 0.2) is 36.4 Å². The highest BCUT2D eigenvalue weighted by atomic mass is 35.5. The van der Waals surface area contributed by atoms with E-state index >= 15 is 0 Å². The number of hydrogen-bond donors (Lipinski definition) is 1. The normalized spacial score (nSPS) is 17.9. The van der Waals surface area contributed by atoms with Crippen molar-refractivity contribution in [1.29, 1.82) is 0 Å². The molecule has 2 aromatic carbocycles. The summed E-state index contributed by atoms with van der Waals surface area (Å²) in [4.78, 5) is 12.7. The van der Waals surface area contributed by atoms with E-state index in [4.69, 9.17) is 34.8 Å².